The number of hydrogen-bond acceptors (Lipinski definition) is 3. The van der Waals surface area contributed by atoms with E-state index in [4.69, 9.17) is 4.74 Å². The van der Waals surface area contributed by atoms with Gasteiger partial charge in [0.2, 0.25) is 0 Å². The highest BCUT2D eigenvalue weighted by Gasteiger charge is 2.26. The van der Waals surface area contributed by atoms with E-state index in [9.17, 15) is 4.79 Å². The Bertz CT molecular complexity index is 474. The molecule has 0 aromatic heterocycles. The van der Waals surface area contributed by atoms with Crippen LogP contribution in [0.1, 0.15) is 42.6 Å². The first-order chi connectivity index (χ1) is 9.61. The van der Waals surface area contributed by atoms with Gasteiger partial charge in [0.05, 0.1) is 17.7 Å². The first-order valence-corrected chi connectivity index (χ1v) is 7.38. The van der Waals surface area contributed by atoms with Crippen molar-refractivity contribution in [3.8, 4) is 0 Å². The number of amides is 1. The summed E-state index contributed by atoms with van der Waals surface area (Å²) in [6, 6.07) is 6.06. The average Bonchev–Trinajstić information content (AvgIpc) is 2.83. The van der Waals surface area contributed by atoms with Crippen molar-refractivity contribution in [3.63, 3.8) is 0 Å². The number of benzene rings is 1. The van der Waals surface area contributed by atoms with Crippen LogP contribution < -0.4 is 10.6 Å². The fourth-order valence-corrected chi connectivity index (χ4v) is 2.43. The highest BCUT2D eigenvalue weighted by Crippen LogP contribution is 2.19. The van der Waals surface area contributed by atoms with Crippen LogP contribution in [0.4, 0.5) is 5.69 Å². The van der Waals surface area contributed by atoms with Gasteiger partial charge in [-0.25, -0.2) is 0 Å². The predicted octanol–water partition coefficient (Wildman–Crippen LogP) is 2.72. The number of carbonyl (C=O) groups excluding carboxylic acids is 1. The van der Waals surface area contributed by atoms with Gasteiger partial charge in [-0.1, -0.05) is 18.6 Å². The van der Waals surface area contributed by atoms with Crippen LogP contribution in [0, 0.1) is 6.92 Å². The smallest absolute Gasteiger partial charge is 0.253 e. The van der Waals surface area contributed by atoms with Crippen LogP contribution in [-0.4, -0.2) is 31.2 Å². The van der Waals surface area contributed by atoms with Gasteiger partial charge in [0, 0.05) is 18.8 Å². The molecule has 1 aromatic rings. The summed E-state index contributed by atoms with van der Waals surface area (Å²) in [4.78, 5) is 12.5. The molecule has 0 aliphatic carbocycles. The van der Waals surface area contributed by atoms with Crippen molar-refractivity contribution in [3.05, 3.63) is 29.3 Å². The number of rotatable bonds is 5. The number of ether oxygens (including phenoxy) is 1. The number of anilines is 1. The summed E-state index contributed by atoms with van der Waals surface area (Å²) in [5, 5.41) is 6.40. The second-order valence-corrected chi connectivity index (χ2v) is 5.42. The zero-order chi connectivity index (χ0) is 14.5. The third-order valence-electron chi connectivity index (χ3n) is 3.68. The second kappa shape index (κ2) is 6.75. The summed E-state index contributed by atoms with van der Waals surface area (Å²) in [5.41, 5.74) is 2.71. The van der Waals surface area contributed by atoms with E-state index in [2.05, 4.69) is 17.6 Å². The molecule has 0 spiro atoms. The number of hydrogen-bond donors (Lipinski definition) is 2. The van der Waals surface area contributed by atoms with E-state index in [1.165, 1.54) is 0 Å². The second-order valence-electron chi connectivity index (χ2n) is 5.42. The van der Waals surface area contributed by atoms with Gasteiger partial charge in [-0.3, -0.25) is 4.79 Å². The molecule has 2 N–H and O–H groups in total. The lowest BCUT2D eigenvalue weighted by atomic mass is 10.1. The molecule has 1 aliphatic heterocycles. The van der Waals surface area contributed by atoms with Gasteiger partial charge < -0.3 is 15.4 Å². The summed E-state index contributed by atoms with van der Waals surface area (Å²) < 4.78 is 5.49. The lowest BCUT2D eigenvalue weighted by Crippen LogP contribution is -2.39. The lowest BCUT2D eigenvalue weighted by molar-refractivity contribution is 0.0867. The minimum Gasteiger partial charge on any atom is -0.384 e. The lowest BCUT2D eigenvalue weighted by Gasteiger charge is -2.18. The fourth-order valence-electron chi connectivity index (χ4n) is 2.43. The van der Waals surface area contributed by atoms with Crippen LogP contribution in [0.15, 0.2) is 18.2 Å². The summed E-state index contributed by atoms with van der Waals surface area (Å²) >= 11 is 0. The minimum atomic E-state index is -0.0188. The van der Waals surface area contributed by atoms with E-state index >= 15 is 0 Å². The van der Waals surface area contributed by atoms with Crippen molar-refractivity contribution in [2.24, 2.45) is 0 Å². The Morgan fingerprint density at radius 3 is 2.90 bits per heavy atom. The van der Waals surface area contributed by atoms with E-state index in [1.807, 2.05) is 32.0 Å². The van der Waals surface area contributed by atoms with Crippen molar-refractivity contribution >= 4 is 11.6 Å². The maximum absolute atomic E-state index is 12.5. The summed E-state index contributed by atoms with van der Waals surface area (Å²) in [6.07, 6.45) is 2.01. The molecule has 2 atom stereocenters. The SMILES string of the molecule is CCCNc1ccc(C)cc1C(=O)NC1CCOC1C. The Morgan fingerprint density at radius 2 is 2.25 bits per heavy atom. The highest BCUT2D eigenvalue weighted by atomic mass is 16.5. The summed E-state index contributed by atoms with van der Waals surface area (Å²) in [6.45, 7) is 7.71. The van der Waals surface area contributed by atoms with E-state index in [1.54, 1.807) is 0 Å². The van der Waals surface area contributed by atoms with Crippen molar-refractivity contribution in [2.75, 3.05) is 18.5 Å². The molecule has 1 fully saturated rings. The molecule has 20 heavy (non-hydrogen) atoms. The van der Waals surface area contributed by atoms with Gasteiger partial charge in [0.25, 0.3) is 5.91 Å². The Labute approximate surface area is 120 Å². The first kappa shape index (κ1) is 14.9. The van der Waals surface area contributed by atoms with E-state index in [0.717, 1.165) is 42.8 Å². The van der Waals surface area contributed by atoms with Gasteiger partial charge in [-0.05, 0) is 38.8 Å². The summed E-state index contributed by atoms with van der Waals surface area (Å²) in [7, 11) is 0. The highest BCUT2D eigenvalue weighted by molar-refractivity contribution is 6.00. The monoisotopic (exact) mass is 276 g/mol. The van der Waals surface area contributed by atoms with Crippen molar-refractivity contribution < 1.29 is 9.53 Å². The largest absolute Gasteiger partial charge is 0.384 e. The van der Waals surface area contributed by atoms with Crippen LogP contribution >= 0.6 is 0 Å². The van der Waals surface area contributed by atoms with E-state index < -0.39 is 0 Å². The molecule has 0 saturated carbocycles. The topological polar surface area (TPSA) is 50.4 Å². The van der Waals surface area contributed by atoms with Crippen molar-refractivity contribution in [2.45, 2.75) is 45.8 Å². The molecular weight excluding hydrogens is 252 g/mol. The molecule has 1 amide bonds. The molecule has 1 heterocycles. The van der Waals surface area contributed by atoms with Gasteiger partial charge in [0.15, 0.2) is 0 Å². The Hall–Kier alpha value is -1.55. The Balaban J connectivity index is 2.12. The first-order valence-electron chi connectivity index (χ1n) is 7.38. The predicted molar refractivity (Wildman–Crippen MR) is 81.2 cm³/mol. The Kier molecular flexibility index (Phi) is 5.01. The van der Waals surface area contributed by atoms with Gasteiger partial charge in [-0.15, -0.1) is 0 Å². The zero-order valence-electron chi connectivity index (χ0n) is 12.5. The molecule has 0 bridgehead atoms. The molecule has 1 aliphatic rings. The van der Waals surface area contributed by atoms with Crippen LogP contribution in [0.5, 0.6) is 0 Å². The van der Waals surface area contributed by atoms with E-state index in [-0.39, 0.29) is 18.1 Å². The standard InChI is InChI=1S/C16H24N2O2/c1-4-8-17-15-6-5-11(2)10-13(15)16(19)18-14-7-9-20-12(14)3/h5-6,10,12,14,17H,4,7-9H2,1-3H3,(H,18,19). The normalized spacial score (nSPS) is 21.8. The molecule has 2 rings (SSSR count). The van der Waals surface area contributed by atoms with Crippen molar-refractivity contribution in [1.82, 2.24) is 5.32 Å². The fraction of sp³-hybridized carbons (Fsp3) is 0.562. The number of carbonyl (C=O) groups is 1. The molecule has 0 radical (unpaired) electrons. The third-order valence-corrected chi connectivity index (χ3v) is 3.68. The van der Waals surface area contributed by atoms with Gasteiger partial charge in [-0.2, -0.15) is 0 Å². The third kappa shape index (κ3) is 3.51. The maximum Gasteiger partial charge on any atom is 0.253 e. The van der Waals surface area contributed by atoms with Crippen LogP contribution in [0.25, 0.3) is 0 Å². The van der Waals surface area contributed by atoms with Gasteiger partial charge in [0.1, 0.15) is 0 Å². The molecule has 110 valence electrons. The molecule has 4 heteroatoms. The average molecular weight is 276 g/mol. The number of aryl methyl sites for hydroxylation is 1. The molecule has 4 nitrogen and oxygen atoms in total. The van der Waals surface area contributed by atoms with Crippen LogP contribution in [0.2, 0.25) is 0 Å². The van der Waals surface area contributed by atoms with Crippen molar-refractivity contribution in [1.29, 1.82) is 0 Å². The zero-order valence-corrected chi connectivity index (χ0v) is 12.5. The molecule has 2 unspecified atom stereocenters. The molecular formula is C16H24N2O2. The minimum absolute atomic E-state index is 0.0188. The summed E-state index contributed by atoms with van der Waals surface area (Å²) in [5.74, 6) is -0.0188. The van der Waals surface area contributed by atoms with Gasteiger partial charge >= 0.3 is 0 Å². The Morgan fingerprint density at radius 1 is 1.45 bits per heavy atom. The molecule has 1 aromatic carbocycles. The number of nitrogens with one attached hydrogen (secondary N) is 2. The molecule has 1 saturated heterocycles. The van der Waals surface area contributed by atoms with E-state index in [0.29, 0.717) is 0 Å². The van der Waals surface area contributed by atoms with Crippen LogP contribution in [-0.2, 0) is 4.74 Å². The maximum atomic E-state index is 12.5. The quantitative estimate of drug-likeness (QED) is 0.869. The van der Waals surface area contributed by atoms with Crippen LogP contribution in [0.3, 0.4) is 0 Å².